The standard InChI is InChI=1S/C20H24FN3O2/c1-23-8-10-24(11-9-23)17-6-7-19(26-2)18(14-17)22-20(25)13-15-4-3-5-16(21)12-15/h3-7,12,14H,8-11,13H2,1-2H3,(H,22,25). The lowest BCUT2D eigenvalue weighted by atomic mass is 10.1. The zero-order chi connectivity index (χ0) is 18.5. The molecule has 138 valence electrons. The molecule has 1 saturated heterocycles. The minimum Gasteiger partial charge on any atom is -0.495 e. The molecule has 0 bridgehead atoms. The predicted octanol–water partition coefficient (Wildman–Crippen LogP) is 2.77. The van der Waals surface area contributed by atoms with Crippen LogP contribution in [0.25, 0.3) is 0 Å². The second kappa shape index (κ2) is 8.19. The van der Waals surface area contributed by atoms with Gasteiger partial charge < -0.3 is 19.9 Å². The van der Waals surface area contributed by atoms with Gasteiger partial charge in [0.15, 0.2) is 0 Å². The fraction of sp³-hybridized carbons (Fsp3) is 0.350. The van der Waals surface area contributed by atoms with Crippen LogP contribution in [0.1, 0.15) is 5.56 Å². The zero-order valence-corrected chi connectivity index (χ0v) is 15.2. The molecule has 1 aliphatic heterocycles. The van der Waals surface area contributed by atoms with Gasteiger partial charge in [0.1, 0.15) is 11.6 Å². The number of halogens is 1. The molecule has 0 radical (unpaired) electrons. The molecule has 0 spiro atoms. The smallest absolute Gasteiger partial charge is 0.228 e. The molecule has 1 fully saturated rings. The lowest BCUT2D eigenvalue weighted by Crippen LogP contribution is -2.44. The van der Waals surface area contributed by atoms with Crippen molar-refractivity contribution in [3.05, 3.63) is 53.8 Å². The number of hydrogen-bond acceptors (Lipinski definition) is 4. The van der Waals surface area contributed by atoms with Crippen LogP contribution in [0.15, 0.2) is 42.5 Å². The quantitative estimate of drug-likeness (QED) is 0.894. The van der Waals surface area contributed by atoms with Gasteiger partial charge >= 0.3 is 0 Å². The Bertz CT molecular complexity index is 773. The fourth-order valence-electron chi connectivity index (χ4n) is 3.08. The molecule has 5 nitrogen and oxygen atoms in total. The first-order valence-electron chi connectivity index (χ1n) is 8.71. The summed E-state index contributed by atoms with van der Waals surface area (Å²) in [5, 5.41) is 2.89. The Morgan fingerprint density at radius 2 is 1.92 bits per heavy atom. The predicted molar refractivity (Wildman–Crippen MR) is 101 cm³/mol. The van der Waals surface area contributed by atoms with Crippen LogP contribution in [0.4, 0.5) is 15.8 Å². The van der Waals surface area contributed by atoms with Gasteiger partial charge in [0.25, 0.3) is 0 Å². The molecule has 0 aromatic heterocycles. The van der Waals surface area contributed by atoms with Crippen molar-refractivity contribution in [2.75, 3.05) is 50.6 Å². The topological polar surface area (TPSA) is 44.8 Å². The van der Waals surface area contributed by atoms with Crippen LogP contribution >= 0.6 is 0 Å². The average Bonchev–Trinajstić information content (AvgIpc) is 2.62. The molecular weight excluding hydrogens is 333 g/mol. The van der Waals surface area contributed by atoms with Crippen LogP contribution in [0.5, 0.6) is 5.75 Å². The van der Waals surface area contributed by atoms with Gasteiger partial charge in [-0.2, -0.15) is 0 Å². The van der Waals surface area contributed by atoms with E-state index in [4.69, 9.17) is 4.74 Å². The SMILES string of the molecule is COc1ccc(N2CCN(C)CC2)cc1NC(=O)Cc1cccc(F)c1. The van der Waals surface area contributed by atoms with Gasteiger partial charge in [-0.3, -0.25) is 4.79 Å². The highest BCUT2D eigenvalue weighted by atomic mass is 19.1. The van der Waals surface area contributed by atoms with Crippen molar-refractivity contribution in [1.29, 1.82) is 0 Å². The van der Waals surface area contributed by atoms with Gasteiger partial charge in [0, 0.05) is 31.9 Å². The van der Waals surface area contributed by atoms with E-state index in [0.29, 0.717) is 17.0 Å². The Morgan fingerprint density at radius 1 is 1.15 bits per heavy atom. The number of amides is 1. The summed E-state index contributed by atoms with van der Waals surface area (Å²) >= 11 is 0. The minimum atomic E-state index is -0.343. The lowest BCUT2D eigenvalue weighted by molar-refractivity contribution is -0.115. The second-order valence-corrected chi connectivity index (χ2v) is 6.53. The molecule has 6 heteroatoms. The molecule has 1 heterocycles. The van der Waals surface area contributed by atoms with Gasteiger partial charge in [0.2, 0.25) is 5.91 Å². The van der Waals surface area contributed by atoms with Crippen LogP contribution in [0, 0.1) is 5.82 Å². The van der Waals surface area contributed by atoms with Gasteiger partial charge in [-0.25, -0.2) is 4.39 Å². The van der Waals surface area contributed by atoms with E-state index in [0.717, 1.165) is 31.9 Å². The first kappa shape index (κ1) is 18.2. The molecule has 1 amide bonds. The molecule has 1 N–H and O–H groups in total. The summed E-state index contributed by atoms with van der Waals surface area (Å²) in [6.07, 6.45) is 0.111. The van der Waals surface area contributed by atoms with Gasteiger partial charge in [0.05, 0.1) is 19.2 Å². The van der Waals surface area contributed by atoms with E-state index in [-0.39, 0.29) is 18.1 Å². The van der Waals surface area contributed by atoms with E-state index in [2.05, 4.69) is 22.2 Å². The van der Waals surface area contributed by atoms with Crippen LogP contribution in [-0.2, 0) is 11.2 Å². The molecule has 3 rings (SSSR count). The number of ether oxygens (including phenoxy) is 1. The molecule has 2 aromatic carbocycles. The maximum absolute atomic E-state index is 13.3. The second-order valence-electron chi connectivity index (χ2n) is 6.53. The monoisotopic (exact) mass is 357 g/mol. The van der Waals surface area contributed by atoms with E-state index in [1.807, 2.05) is 18.2 Å². The number of carbonyl (C=O) groups is 1. The Kier molecular flexibility index (Phi) is 5.73. The Hall–Kier alpha value is -2.60. The number of piperazine rings is 1. The maximum Gasteiger partial charge on any atom is 0.228 e. The molecule has 2 aromatic rings. The van der Waals surface area contributed by atoms with Gasteiger partial charge in [-0.1, -0.05) is 12.1 Å². The average molecular weight is 357 g/mol. The van der Waals surface area contributed by atoms with Crippen LogP contribution in [-0.4, -0.2) is 51.1 Å². The molecule has 26 heavy (non-hydrogen) atoms. The van der Waals surface area contributed by atoms with Crippen molar-refractivity contribution in [3.63, 3.8) is 0 Å². The number of rotatable bonds is 5. The zero-order valence-electron chi connectivity index (χ0n) is 15.2. The third-order valence-corrected chi connectivity index (χ3v) is 4.58. The summed E-state index contributed by atoms with van der Waals surface area (Å²) in [4.78, 5) is 17.0. The summed E-state index contributed by atoms with van der Waals surface area (Å²) in [6, 6.07) is 11.9. The van der Waals surface area contributed by atoms with Crippen molar-refractivity contribution in [3.8, 4) is 5.75 Å². The molecule has 0 aliphatic carbocycles. The number of likely N-dealkylation sites (N-methyl/N-ethyl adjacent to an activating group) is 1. The summed E-state index contributed by atoms with van der Waals surface area (Å²) < 4.78 is 18.7. The third-order valence-electron chi connectivity index (χ3n) is 4.58. The molecule has 1 aliphatic rings. The van der Waals surface area contributed by atoms with Gasteiger partial charge in [-0.15, -0.1) is 0 Å². The Labute approximate surface area is 153 Å². The van der Waals surface area contributed by atoms with Crippen molar-refractivity contribution in [2.45, 2.75) is 6.42 Å². The first-order chi connectivity index (χ1) is 12.5. The summed E-state index contributed by atoms with van der Waals surface area (Å²) in [5.41, 5.74) is 2.32. The Balaban J connectivity index is 1.73. The molecule has 0 saturated carbocycles. The van der Waals surface area contributed by atoms with E-state index in [1.165, 1.54) is 12.1 Å². The molecular formula is C20H24FN3O2. The lowest BCUT2D eigenvalue weighted by Gasteiger charge is -2.34. The van der Waals surface area contributed by atoms with Crippen LogP contribution in [0.2, 0.25) is 0 Å². The number of hydrogen-bond donors (Lipinski definition) is 1. The minimum absolute atomic E-state index is 0.111. The number of anilines is 2. The third kappa shape index (κ3) is 4.52. The fourth-order valence-corrected chi connectivity index (χ4v) is 3.08. The van der Waals surface area contributed by atoms with Crippen molar-refractivity contribution in [1.82, 2.24) is 4.90 Å². The maximum atomic E-state index is 13.3. The van der Waals surface area contributed by atoms with E-state index in [9.17, 15) is 9.18 Å². The van der Waals surface area contributed by atoms with E-state index in [1.54, 1.807) is 19.2 Å². The highest BCUT2D eigenvalue weighted by molar-refractivity contribution is 5.94. The Morgan fingerprint density at radius 3 is 2.62 bits per heavy atom. The first-order valence-corrected chi connectivity index (χ1v) is 8.71. The summed E-state index contributed by atoms with van der Waals surface area (Å²) in [5.74, 6) is 0.0600. The van der Waals surface area contributed by atoms with Crippen LogP contribution in [0.3, 0.4) is 0 Å². The molecule has 0 unspecified atom stereocenters. The number of methoxy groups -OCH3 is 1. The molecule has 0 atom stereocenters. The normalized spacial score (nSPS) is 15.0. The van der Waals surface area contributed by atoms with E-state index < -0.39 is 0 Å². The van der Waals surface area contributed by atoms with E-state index >= 15 is 0 Å². The summed E-state index contributed by atoms with van der Waals surface area (Å²) in [6.45, 7) is 3.90. The van der Waals surface area contributed by atoms with Crippen molar-refractivity contribution >= 4 is 17.3 Å². The largest absolute Gasteiger partial charge is 0.495 e. The van der Waals surface area contributed by atoms with Gasteiger partial charge in [-0.05, 0) is 42.9 Å². The number of nitrogens with one attached hydrogen (secondary N) is 1. The van der Waals surface area contributed by atoms with Crippen molar-refractivity contribution < 1.29 is 13.9 Å². The number of benzene rings is 2. The summed E-state index contributed by atoms with van der Waals surface area (Å²) in [7, 11) is 3.69. The highest BCUT2D eigenvalue weighted by Gasteiger charge is 2.16. The van der Waals surface area contributed by atoms with Crippen molar-refractivity contribution in [2.24, 2.45) is 0 Å². The number of carbonyl (C=O) groups excluding carboxylic acids is 1. The highest BCUT2D eigenvalue weighted by Crippen LogP contribution is 2.30. The van der Waals surface area contributed by atoms with Crippen LogP contribution < -0.4 is 15.0 Å². The number of nitrogens with zero attached hydrogens (tertiary/aromatic N) is 2.